The summed E-state index contributed by atoms with van der Waals surface area (Å²) in [6, 6.07) is 1.88. The van der Waals surface area contributed by atoms with Crippen LogP contribution in [0.3, 0.4) is 0 Å². The summed E-state index contributed by atoms with van der Waals surface area (Å²) in [6.07, 6.45) is 4.27. The van der Waals surface area contributed by atoms with Gasteiger partial charge in [0.15, 0.2) is 0 Å². The van der Waals surface area contributed by atoms with Gasteiger partial charge in [-0.25, -0.2) is 4.79 Å². The van der Waals surface area contributed by atoms with Gasteiger partial charge in [0.05, 0.1) is 4.47 Å². The maximum Gasteiger partial charge on any atom is 0.235 e. The monoisotopic (exact) mass is 295 g/mol. The van der Waals surface area contributed by atoms with Gasteiger partial charge in [-0.15, -0.1) is 0 Å². The van der Waals surface area contributed by atoms with Gasteiger partial charge in [0.1, 0.15) is 11.3 Å². The first kappa shape index (κ1) is 12.3. The standard InChI is InChI=1S/C13H14BrNO2/c1-8-6-10(14)12(17)11(9(8)2)13(15-7-16)4-3-5-13/h6,17H,3-5H2,1-2H3. The Bertz CT molecular complexity index is 488. The molecule has 1 aliphatic rings. The summed E-state index contributed by atoms with van der Waals surface area (Å²) in [5, 5.41) is 10.2. The largest absolute Gasteiger partial charge is 0.506 e. The van der Waals surface area contributed by atoms with Crippen molar-refractivity contribution >= 4 is 22.0 Å². The van der Waals surface area contributed by atoms with Gasteiger partial charge in [-0.2, -0.15) is 4.99 Å². The van der Waals surface area contributed by atoms with Gasteiger partial charge < -0.3 is 5.11 Å². The molecule has 90 valence electrons. The highest BCUT2D eigenvalue weighted by Crippen LogP contribution is 2.51. The molecular weight excluding hydrogens is 282 g/mol. The lowest BCUT2D eigenvalue weighted by atomic mass is 9.70. The lowest BCUT2D eigenvalue weighted by molar-refractivity contribution is 0.246. The van der Waals surface area contributed by atoms with Crippen LogP contribution >= 0.6 is 15.9 Å². The Morgan fingerprint density at radius 2 is 2.12 bits per heavy atom. The van der Waals surface area contributed by atoms with E-state index in [9.17, 15) is 9.90 Å². The highest BCUT2D eigenvalue weighted by molar-refractivity contribution is 9.10. The van der Waals surface area contributed by atoms with Crippen LogP contribution in [0.25, 0.3) is 0 Å². The normalized spacial score (nSPS) is 17.1. The maximum atomic E-state index is 10.6. The Balaban J connectivity index is 2.69. The van der Waals surface area contributed by atoms with E-state index in [0.717, 1.165) is 36.0 Å². The molecule has 1 aromatic carbocycles. The molecule has 0 saturated heterocycles. The van der Waals surface area contributed by atoms with Crippen LogP contribution in [0, 0.1) is 13.8 Å². The van der Waals surface area contributed by atoms with Crippen molar-refractivity contribution < 1.29 is 9.90 Å². The third-order valence-electron chi connectivity index (χ3n) is 3.68. The Morgan fingerprint density at radius 1 is 1.47 bits per heavy atom. The number of isocyanates is 1. The molecule has 0 bridgehead atoms. The zero-order valence-electron chi connectivity index (χ0n) is 9.88. The number of phenols is 1. The van der Waals surface area contributed by atoms with Gasteiger partial charge in [-0.1, -0.05) is 0 Å². The van der Waals surface area contributed by atoms with E-state index >= 15 is 0 Å². The third kappa shape index (κ3) is 1.81. The van der Waals surface area contributed by atoms with E-state index < -0.39 is 5.54 Å². The average Bonchev–Trinajstić information content (AvgIpc) is 2.23. The van der Waals surface area contributed by atoms with Crippen LogP contribution in [-0.4, -0.2) is 11.2 Å². The highest BCUT2D eigenvalue weighted by Gasteiger charge is 2.42. The zero-order valence-corrected chi connectivity index (χ0v) is 11.5. The molecule has 0 amide bonds. The van der Waals surface area contributed by atoms with Crippen LogP contribution in [0.5, 0.6) is 5.75 Å². The molecule has 1 aliphatic carbocycles. The fraction of sp³-hybridized carbons (Fsp3) is 0.462. The average molecular weight is 296 g/mol. The van der Waals surface area contributed by atoms with Gasteiger partial charge in [0.2, 0.25) is 6.08 Å². The Hall–Kier alpha value is -1.12. The zero-order chi connectivity index (χ0) is 12.6. The van der Waals surface area contributed by atoms with Crippen molar-refractivity contribution in [1.82, 2.24) is 0 Å². The Morgan fingerprint density at radius 3 is 2.59 bits per heavy atom. The molecule has 3 nitrogen and oxygen atoms in total. The van der Waals surface area contributed by atoms with Crippen LogP contribution in [0.15, 0.2) is 15.5 Å². The van der Waals surface area contributed by atoms with Crippen molar-refractivity contribution in [1.29, 1.82) is 0 Å². The van der Waals surface area contributed by atoms with Gasteiger partial charge in [-0.05, 0) is 66.2 Å². The van der Waals surface area contributed by atoms with Gasteiger partial charge >= 0.3 is 0 Å². The molecule has 1 fully saturated rings. The van der Waals surface area contributed by atoms with Crippen molar-refractivity contribution in [3.8, 4) is 5.75 Å². The topological polar surface area (TPSA) is 49.7 Å². The van der Waals surface area contributed by atoms with Gasteiger partial charge in [0.25, 0.3) is 0 Å². The maximum absolute atomic E-state index is 10.6. The molecule has 4 heteroatoms. The molecule has 1 N–H and O–H groups in total. The molecule has 0 atom stereocenters. The summed E-state index contributed by atoms with van der Waals surface area (Å²) in [5.41, 5.74) is 2.31. The highest BCUT2D eigenvalue weighted by atomic mass is 79.9. The van der Waals surface area contributed by atoms with E-state index in [-0.39, 0.29) is 5.75 Å². The van der Waals surface area contributed by atoms with E-state index in [1.807, 2.05) is 19.9 Å². The van der Waals surface area contributed by atoms with E-state index in [1.165, 1.54) is 0 Å². The molecule has 0 heterocycles. The first-order valence-corrected chi connectivity index (χ1v) is 6.39. The lowest BCUT2D eigenvalue weighted by Gasteiger charge is -2.39. The minimum absolute atomic E-state index is 0.201. The number of phenolic OH excluding ortho intramolecular Hbond substituents is 1. The van der Waals surface area contributed by atoms with Crippen LogP contribution in [0.1, 0.15) is 36.0 Å². The van der Waals surface area contributed by atoms with E-state index in [4.69, 9.17) is 0 Å². The Labute approximate surface area is 109 Å². The van der Waals surface area contributed by atoms with Gasteiger partial charge in [0, 0.05) is 5.56 Å². The van der Waals surface area contributed by atoms with Crippen LogP contribution in [0.4, 0.5) is 0 Å². The molecule has 0 spiro atoms. The van der Waals surface area contributed by atoms with Crippen LogP contribution in [0.2, 0.25) is 0 Å². The quantitative estimate of drug-likeness (QED) is 0.671. The van der Waals surface area contributed by atoms with Crippen molar-refractivity contribution in [2.24, 2.45) is 4.99 Å². The number of aliphatic imine (C=N–C) groups is 1. The number of halogens is 1. The fourth-order valence-corrected chi connectivity index (χ4v) is 2.99. The second-order valence-electron chi connectivity index (χ2n) is 4.61. The lowest BCUT2D eigenvalue weighted by Crippen LogP contribution is -2.33. The van der Waals surface area contributed by atoms with E-state index in [0.29, 0.717) is 4.47 Å². The summed E-state index contributed by atoms with van der Waals surface area (Å²) in [7, 11) is 0. The number of nitrogens with zero attached hydrogens (tertiary/aromatic N) is 1. The smallest absolute Gasteiger partial charge is 0.235 e. The summed E-state index contributed by atoms with van der Waals surface area (Å²) >= 11 is 3.34. The molecule has 17 heavy (non-hydrogen) atoms. The van der Waals surface area contributed by atoms with E-state index in [2.05, 4.69) is 20.9 Å². The minimum atomic E-state index is -0.551. The number of benzene rings is 1. The molecule has 0 aromatic heterocycles. The fourth-order valence-electron chi connectivity index (χ4n) is 2.45. The number of carbonyl (C=O) groups excluding carboxylic acids is 1. The molecule has 0 radical (unpaired) electrons. The first-order valence-electron chi connectivity index (χ1n) is 5.60. The number of aromatic hydroxyl groups is 1. The Kier molecular flexibility index (Phi) is 3.11. The number of hydrogen-bond donors (Lipinski definition) is 1. The SMILES string of the molecule is Cc1cc(Br)c(O)c(C2(N=C=O)CCC2)c1C. The summed E-state index contributed by atoms with van der Waals surface area (Å²) in [4.78, 5) is 14.5. The summed E-state index contributed by atoms with van der Waals surface area (Å²) in [6.45, 7) is 3.94. The molecular formula is C13H14BrNO2. The second kappa shape index (κ2) is 4.28. The third-order valence-corrected chi connectivity index (χ3v) is 4.28. The molecule has 2 rings (SSSR count). The number of rotatable bonds is 2. The van der Waals surface area contributed by atoms with E-state index in [1.54, 1.807) is 6.08 Å². The molecule has 0 aliphatic heterocycles. The van der Waals surface area contributed by atoms with Gasteiger partial charge in [-0.3, -0.25) is 0 Å². The number of aryl methyl sites for hydroxylation is 1. The number of hydrogen-bond acceptors (Lipinski definition) is 3. The van der Waals surface area contributed by atoms with Crippen molar-refractivity contribution in [2.75, 3.05) is 0 Å². The molecule has 1 saturated carbocycles. The predicted octanol–water partition coefficient (Wildman–Crippen LogP) is 3.49. The van der Waals surface area contributed by atoms with Crippen molar-refractivity contribution in [3.05, 3.63) is 27.2 Å². The molecule has 1 aromatic rings. The van der Waals surface area contributed by atoms with Crippen LogP contribution < -0.4 is 0 Å². The minimum Gasteiger partial charge on any atom is -0.506 e. The summed E-state index contributed by atoms with van der Waals surface area (Å²) < 4.78 is 0.656. The predicted molar refractivity (Wildman–Crippen MR) is 68.9 cm³/mol. The first-order chi connectivity index (χ1) is 8.02. The second-order valence-corrected chi connectivity index (χ2v) is 5.47. The molecule has 0 unspecified atom stereocenters. The van der Waals surface area contributed by atoms with Crippen molar-refractivity contribution in [2.45, 2.75) is 38.6 Å². The van der Waals surface area contributed by atoms with Crippen LogP contribution in [-0.2, 0) is 10.3 Å². The summed E-state index contributed by atoms with van der Waals surface area (Å²) in [5.74, 6) is 0.201. The van der Waals surface area contributed by atoms with Crippen molar-refractivity contribution in [3.63, 3.8) is 0 Å².